The van der Waals surface area contributed by atoms with Crippen molar-refractivity contribution in [1.29, 1.82) is 0 Å². The highest BCUT2D eigenvalue weighted by molar-refractivity contribution is 7.90. The van der Waals surface area contributed by atoms with Gasteiger partial charge in [0.25, 0.3) is 10.0 Å². The van der Waals surface area contributed by atoms with Crippen molar-refractivity contribution in [3.05, 3.63) is 60.4 Å². The normalized spacial score (nSPS) is 13.3. The van der Waals surface area contributed by atoms with Crippen molar-refractivity contribution in [2.45, 2.75) is 38.0 Å². The second kappa shape index (κ2) is 9.43. The van der Waals surface area contributed by atoms with Gasteiger partial charge in [-0.15, -0.1) is 0 Å². The Morgan fingerprint density at radius 2 is 1.92 bits per heavy atom. The van der Waals surface area contributed by atoms with Crippen LogP contribution in [0, 0.1) is 11.8 Å². The molecule has 1 fully saturated rings. The molecule has 0 unspecified atom stereocenters. The van der Waals surface area contributed by atoms with Crippen molar-refractivity contribution >= 4 is 21.7 Å². The zero-order chi connectivity index (χ0) is 25.3. The van der Waals surface area contributed by atoms with E-state index in [0.29, 0.717) is 47.2 Å². The van der Waals surface area contributed by atoms with Crippen molar-refractivity contribution in [3.8, 4) is 29.0 Å². The van der Waals surface area contributed by atoms with Gasteiger partial charge in [0.05, 0.1) is 46.6 Å². The Hall–Kier alpha value is -4.24. The number of hydrogen-bond donors (Lipinski definition) is 1. The summed E-state index contributed by atoms with van der Waals surface area (Å²) in [5.74, 6) is 8.08. The van der Waals surface area contributed by atoms with Gasteiger partial charge in [0.1, 0.15) is 17.4 Å². The third-order valence-corrected chi connectivity index (χ3v) is 7.25. The molecule has 0 saturated heterocycles. The molecule has 11 nitrogen and oxygen atoms in total. The Morgan fingerprint density at radius 1 is 1.08 bits per heavy atom. The largest absolute Gasteiger partial charge is 0.490 e. The average molecular weight is 505 g/mol. The number of aromatic nitrogens is 7. The quantitative estimate of drug-likeness (QED) is 0.378. The maximum atomic E-state index is 12.4. The monoisotopic (exact) mass is 504 g/mol. The smallest absolute Gasteiger partial charge is 0.256 e. The van der Waals surface area contributed by atoms with Crippen LogP contribution in [0.3, 0.4) is 0 Å². The Balaban J connectivity index is 1.38. The molecule has 5 rings (SSSR count). The molecule has 184 valence electrons. The van der Waals surface area contributed by atoms with Crippen LogP contribution in [0.2, 0.25) is 0 Å². The van der Waals surface area contributed by atoms with Crippen LogP contribution in [0.25, 0.3) is 11.4 Å². The van der Waals surface area contributed by atoms with Crippen LogP contribution in [0.15, 0.2) is 49.3 Å². The molecule has 36 heavy (non-hydrogen) atoms. The van der Waals surface area contributed by atoms with Crippen LogP contribution in [0.1, 0.15) is 37.8 Å². The van der Waals surface area contributed by atoms with Crippen LogP contribution in [-0.2, 0) is 17.1 Å². The van der Waals surface area contributed by atoms with E-state index in [1.807, 2.05) is 27.1 Å². The standard InChI is InChI=1S/C24H24N8O3S/c1-16(2)35-21-10-23(26-12-18(21)5-4-17-11-27-31(3)14-17)29-22-8-9-25-24(30-22)19-13-28-32(15-19)36(33,34)20-6-7-20/h8-16,20H,6-7H2,1-3H3,(H,25,26,29,30). The third-order valence-electron chi connectivity index (χ3n) is 5.21. The molecular formula is C24H24N8O3S. The second-order valence-electron chi connectivity index (χ2n) is 8.62. The molecule has 0 spiro atoms. The molecule has 0 radical (unpaired) electrons. The maximum absolute atomic E-state index is 12.4. The summed E-state index contributed by atoms with van der Waals surface area (Å²) in [4.78, 5) is 13.2. The van der Waals surface area contributed by atoms with E-state index >= 15 is 0 Å². The molecule has 4 aromatic rings. The summed E-state index contributed by atoms with van der Waals surface area (Å²) in [5.41, 5.74) is 1.93. The summed E-state index contributed by atoms with van der Waals surface area (Å²) < 4.78 is 33.5. The number of nitrogens with zero attached hydrogens (tertiary/aromatic N) is 7. The van der Waals surface area contributed by atoms with E-state index in [-0.39, 0.29) is 11.4 Å². The number of nitrogens with one attached hydrogen (secondary N) is 1. The minimum Gasteiger partial charge on any atom is -0.490 e. The van der Waals surface area contributed by atoms with E-state index in [0.717, 1.165) is 9.65 Å². The summed E-state index contributed by atoms with van der Waals surface area (Å²) in [6, 6.07) is 3.45. The van der Waals surface area contributed by atoms with Gasteiger partial charge in [0.2, 0.25) is 0 Å². The van der Waals surface area contributed by atoms with E-state index in [1.54, 1.807) is 35.4 Å². The summed E-state index contributed by atoms with van der Waals surface area (Å²) in [7, 11) is -1.62. The van der Waals surface area contributed by atoms with Crippen LogP contribution in [0.5, 0.6) is 5.75 Å². The van der Waals surface area contributed by atoms with Gasteiger partial charge in [0, 0.05) is 31.7 Å². The Morgan fingerprint density at radius 3 is 2.64 bits per heavy atom. The highest BCUT2D eigenvalue weighted by Gasteiger charge is 2.37. The predicted molar refractivity (Wildman–Crippen MR) is 133 cm³/mol. The lowest BCUT2D eigenvalue weighted by molar-refractivity contribution is 0.241. The zero-order valence-electron chi connectivity index (χ0n) is 20.0. The van der Waals surface area contributed by atoms with Gasteiger partial charge in [-0.1, -0.05) is 11.8 Å². The fourth-order valence-electron chi connectivity index (χ4n) is 3.35. The van der Waals surface area contributed by atoms with Gasteiger partial charge >= 0.3 is 0 Å². The van der Waals surface area contributed by atoms with Crippen molar-refractivity contribution in [3.63, 3.8) is 0 Å². The number of pyridine rings is 1. The fraction of sp³-hybridized carbons (Fsp3) is 0.292. The first-order chi connectivity index (χ1) is 17.3. The van der Waals surface area contributed by atoms with E-state index < -0.39 is 10.0 Å². The number of anilines is 2. The van der Waals surface area contributed by atoms with Crippen LogP contribution in [-0.4, -0.2) is 53.7 Å². The van der Waals surface area contributed by atoms with Crippen LogP contribution in [0.4, 0.5) is 11.6 Å². The molecule has 0 bridgehead atoms. The SMILES string of the molecule is CC(C)Oc1cc(Nc2ccnc(-c3cnn(S(=O)(=O)C4CC4)c3)n2)ncc1C#Cc1cnn(C)c1. The van der Waals surface area contributed by atoms with Crippen molar-refractivity contribution in [2.75, 3.05) is 5.32 Å². The number of hydrogen-bond acceptors (Lipinski definition) is 9. The number of aryl methyl sites for hydroxylation is 1. The van der Waals surface area contributed by atoms with E-state index in [9.17, 15) is 8.42 Å². The molecule has 1 N–H and O–H groups in total. The lowest BCUT2D eigenvalue weighted by atomic mass is 10.2. The first kappa shape index (κ1) is 23.5. The minimum absolute atomic E-state index is 0.0618. The molecule has 0 amide bonds. The predicted octanol–water partition coefficient (Wildman–Crippen LogP) is 2.74. The Bertz CT molecular complexity index is 1580. The highest BCUT2D eigenvalue weighted by Crippen LogP contribution is 2.30. The molecule has 12 heteroatoms. The number of rotatable bonds is 7. The summed E-state index contributed by atoms with van der Waals surface area (Å²) in [6.07, 6.45) is 10.9. The van der Waals surface area contributed by atoms with Gasteiger partial charge in [-0.2, -0.15) is 14.3 Å². The summed E-state index contributed by atoms with van der Waals surface area (Å²) in [5, 5.41) is 10.9. The zero-order valence-corrected chi connectivity index (χ0v) is 20.8. The topological polar surface area (TPSA) is 130 Å². The summed E-state index contributed by atoms with van der Waals surface area (Å²) >= 11 is 0. The van der Waals surface area contributed by atoms with Gasteiger partial charge in [0.15, 0.2) is 5.82 Å². The van der Waals surface area contributed by atoms with E-state index in [4.69, 9.17) is 4.74 Å². The molecule has 4 aromatic heterocycles. The molecular weight excluding hydrogens is 480 g/mol. The lowest BCUT2D eigenvalue weighted by Gasteiger charge is -2.13. The molecule has 0 aliphatic heterocycles. The van der Waals surface area contributed by atoms with Gasteiger partial charge in [-0.3, -0.25) is 4.68 Å². The Labute approximate surface area is 208 Å². The molecule has 1 aliphatic carbocycles. The third kappa shape index (κ3) is 5.21. The molecule has 0 aromatic carbocycles. The van der Waals surface area contributed by atoms with Crippen molar-refractivity contribution < 1.29 is 13.2 Å². The van der Waals surface area contributed by atoms with E-state index in [1.165, 1.54) is 12.4 Å². The molecule has 0 atom stereocenters. The minimum atomic E-state index is -3.46. The first-order valence-electron chi connectivity index (χ1n) is 11.3. The van der Waals surface area contributed by atoms with Crippen LogP contribution < -0.4 is 10.1 Å². The second-order valence-corrected chi connectivity index (χ2v) is 10.7. The lowest BCUT2D eigenvalue weighted by Crippen LogP contribution is -2.17. The van der Waals surface area contributed by atoms with E-state index in [2.05, 4.69) is 42.3 Å². The van der Waals surface area contributed by atoms with Gasteiger partial charge in [-0.05, 0) is 32.8 Å². The first-order valence-corrected chi connectivity index (χ1v) is 12.8. The number of ether oxygens (including phenoxy) is 1. The summed E-state index contributed by atoms with van der Waals surface area (Å²) in [6.45, 7) is 3.87. The fourth-order valence-corrected chi connectivity index (χ4v) is 4.83. The average Bonchev–Trinajstić information content (AvgIpc) is 3.44. The van der Waals surface area contributed by atoms with Crippen LogP contribution >= 0.6 is 0 Å². The van der Waals surface area contributed by atoms with Crippen molar-refractivity contribution in [1.82, 2.24) is 33.9 Å². The molecule has 1 saturated carbocycles. The Kier molecular flexibility index (Phi) is 6.15. The van der Waals surface area contributed by atoms with Crippen molar-refractivity contribution in [2.24, 2.45) is 7.05 Å². The van der Waals surface area contributed by atoms with Gasteiger partial charge < -0.3 is 10.1 Å². The molecule has 4 heterocycles. The maximum Gasteiger partial charge on any atom is 0.256 e. The highest BCUT2D eigenvalue weighted by atomic mass is 32.2. The van der Waals surface area contributed by atoms with Gasteiger partial charge in [-0.25, -0.2) is 23.4 Å². The molecule has 1 aliphatic rings.